The molecule has 2 unspecified atom stereocenters. The normalized spacial score (nSPS) is 13.0. The van der Waals surface area contributed by atoms with E-state index >= 15 is 0 Å². The van der Waals surface area contributed by atoms with Crippen LogP contribution in [0.3, 0.4) is 0 Å². The monoisotopic (exact) mass is 835 g/mol. The van der Waals surface area contributed by atoms with Gasteiger partial charge in [-0.25, -0.2) is 4.79 Å². The summed E-state index contributed by atoms with van der Waals surface area (Å²) < 4.78 is 17.3. The molecule has 0 aromatic heterocycles. The molecule has 0 spiro atoms. The van der Waals surface area contributed by atoms with Crippen LogP contribution in [0, 0.1) is 0 Å². The first-order valence-corrected chi connectivity index (χ1v) is 24.9. The zero-order valence-corrected chi connectivity index (χ0v) is 39.5. The molecule has 8 heteroatoms. The number of hydrogen-bond donors (Lipinski definition) is 1. The van der Waals surface area contributed by atoms with Crippen LogP contribution in [0.15, 0.2) is 24.3 Å². The highest BCUT2D eigenvalue weighted by Gasteiger charge is 2.31. The Morgan fingerprint density at radius 1 is 0.508 bits per heavy atom. The van der Waals surface area contributed by atoms with Gasteiger partial charge in [-0.3, -0.25) is 9.59 Å². The van der Waals surface area contributed by atoms with Gasteiger partial charge in [0.2, 0.25) is 0 Å². The molecule has 0 aliphatic carbocycles. The van der Waals surface area contributed by atoms with Crippen LogP contribution in [0.4, 0.5) is 0 Å². The van der Waals surface area contributed by atoms with Crippen LogP contribution in [0.2, 0.25) is 0 Å². The highest BCUT2D eigenvalue weighted by Crippen LogP contribution is 2.16. The fourth-order valence-electron chi connectivity index (χ4n) is 7.48. The SMILES string of the molecule is CCCCCCC/C=C\C/C=C\CCCCCCCCCCCCCC(=O)OC(COCCC(C(=O)O)[N+](C)(C)C)COC(=O)CCCCCCCCCCCCCC. The second-order valence-electron chi connectivity index (χ2n) is 18.1. The van der Waals surface area contributed by atoms with E-state index in [2.05, 4.69) is 38.2 Å². The summed E-state index contributed by atoms with van der Waals surface area (Å²) >= 11 is 0. The van der Waals surface area contributed by atoms with Gasteiger partial charge in [-0.05, 0) is 44.9 Å². The van der Waals surface area contributed by atoms with Gasteiger partial charge in [-0.15, -0.1) is 0 Å². The molecule has 0 saturated heterocycles. The van der Waals surface area contributed by atoms with E-state index in [0.29, 0.717) is 19.3 Å². The molecule has 0 aliphatic rings. The van der Waals surface area contributed by atoms with E-state index in [1.807, 2.05) is 21.1 Å². The minimum absolute atomic E-state index is 0.0468. The summed E-state index contributed by atoms with van der Waals surface area (Å²) in [6.07, 6.45) is 47.9. The number of aliphatic carboxylic acids is 1. The molecule has 1 N–H and O–H groups in total. The average Bonchev–Trinajstić information content (AvgIpc) is 3.19. The lowest BCUT2D eigenvalue weighted by Gasteiger charge is -2.31. The number of carbonyl (C=O) groups is 3. The van der Waals surface area contributed by atoms with E-state index in [1.165, 1.54) is 154 Å². The van der Waals surface area contributed by atoms with Crippen molar-refractivity contribution in [3.63, 3.8) is 0 Å². The second kappa shape index (κ2) is 42.5. The summed E-state index contributed by atoms with van der Waals surface area (Å²) in [5.41, 5.74) is 0. The number of carboxylic acids is 1. The molecular weight excluding hydrogens is 739 g/mol. The summed E-state index contributed by atoms with van der Waals surface area (Å²) in [6.45, 7) is 4.75. The van der Waals surface area contributed by atoms with Crippen LogP contribution in [-0.4, -0.2) is 80.6 Å². The molecule has 0 aromatic carbocycles. The third kappa shape index (κ3) is 41.0. The lowest BCUT2D eigenvalue weighted by Crippen LogP contribution is -2.50. The fourth-order valence-corrected chi connectivity index (χ4v) is 7.48. The Morgan fingerprint density at radius 3 is 1.31 bits per heavy atom. The Morgan fingerprint density at radius 2 is 0.898 bits per heavy atom. The predicted molar refractivity (Wildman–Crippen MR) is 248 cm³/mol. The molecular formula is C51H96NO7+. The number of ether oxygens (including phenoxy) is 3. The van der Waals surface area contributed by atoms with Gasteiger partial charge in [0.15, 0.2) is 12.1 Å². The third-order valence-corrected chi connectivity index (χ3v) is 11.4. The van der Waals surface area contributed by atoms with Crippen LogP contribution in [-0.2, 0) is 28.6 Å². The Hall–Kier alpha value is -2.19. The molecule has 0 rings (SSSR count). The van der Waals surface area contributed by atoms with Crippen molar-refractivity contribution in [1.82, 2.24) is 0 Å². The van der Waals surface area contributed by atoms with Crippen molar-refractivity contribution in [3.8, 4) is 0 Å². The summed E-state index contributed by atoms with van der Waals surface area (Å²) in [5.74, 6) is -1.46. The van der Waals surface area contributed by atoms with Gasteiger partial charge in [0.05, 0.1) is 34.4 Å². The van der Waals surface area contributed by atoms with Crippen molar-refractivity contribution in [3.05, 3.63) is 24.3 Å². The number of carbonyl (C=O) groups excluding carboxylic acids is 2. The predicted octanol–water partition coefficient (Wildman–Crippen LogP) is 14.0. The molecule has 0 radical (unpaired) electrons. The quantitative estimate of drug-likeness (QED) is 0.0282. The molecule has 0 aromatic rings. The van der Waals surface area contributed by atoms with Crippen LogP contribution in [0.25, 0.3) is 0 Å². The Kier molecular flexibility index (Phi) is 40.9. The van der Waals surface area contributed by atoms with E-state index in [1.54, 1.807) is 0 Å². The van der Waals surface area contributed by atoms with Gasteiger partial charge in [-0.1, -0.05) is 192 Å². The minimum Gasteiger partial charge on any atom is -0.477 e. The topological polar surface area (TPSA) is 99.1 Å². The molecule has 0 aliphatic heterocycles. The lowest BCUT2D eigenvalue weighted by molar-refractivity contribution is -0.887. The maximum absolute atomic E-state index is 12.8. The first-order valence-electron chi connectivity index (χ1n) is 24.9. The van der Waals surface area contributed by atoms with Crippen molar-refractivity contribution in [2.75, 3.05) is 41.0 Å². The fraction of sp³-hybridized carbons (Fsp3) is 0.863. The van der Waals surface area contributed by atoms with Gasteiger partial charge < -0.3 is 23.8 Å². The molecule has 8 nitrogen and oxygen atoms in total. The number of rotatable bonds is 45. The summed E-state index contributed by atoms with van der Waals surface area (Å²) in [4.78, 5) is 37.0. The van der Waals surface area contributed by atoms with Crippen LogP contribution in [0.5, 0.6) is 0 Å². The molecule has 0 amide bonds. The summed E-state index contributed by atoms with van der Waals surface area (Å²) in [7, 11) is 5.54. The molecule has 346 valence electrons. The highest BCUT2D eigenvalue weighted by atomic mass is 16.6. The molecule has 59 heavy (non-hydrogen) atoms. The van der Waals surface area contributed by atoms with Gasteiger partial charge in [-0.2, -0.15) is 0 Å². The van der Waals surface area contributed by atoms with E-state index in [9.17, 15) is 19.5 Å². The van der Waals surface area contributed by atoms with Crippen molar-refractivity contribution in [2.24, 2.45) is 0 Å². The van der Waals surface area contributed by atoms with E-state index in [4.69, 9.17) is 14.2 Å². The minimum atomic E-state index is -0.872. The van der Waals surface area contributed by atoms with E-state index in [-0.39, 0.29) is 36.2 Å². The number of hydrogen-bond acceptors (Lipinski definition) is 6. The number of carboxylic acid groups (broad SMARTS) is 1. The highest BCUT2D eigenvalue weighted by molar-refractivity contribution is 5.72. The van der Waals surface area contributed by atoms with E-state index in [0.717, 1.165) is 44.9 Å². The number of esters is 2. The average molecular weight is 835 g/mol. The number of allylic oxidation sites excluding steroid dienone is 4. The first-order chi connectivity index (χ1) is 28.6. The van der Waals surface area contributed by atoms with Gasteiger partial charge >= 0.3 is 17.9 Å². The van der Waals surface area contributed by atoms with Crippen molar-refractivity contribution in [1.29, 1.82) is 0 Å². The number of likely N-dealkylation sites (N-methyl/N-ethyl adjacent to an activating group) is 1. The van der Waals surface area contributed by atoms with Crippen molar-refractivity contribution in [2.45, 2.75) is 244 Å². The third-order valence-electron chi connectivity index (χ3n) is 11.4. The first kappa shape index (κ1) is 56.8. The number of unbranched alkanes of at least 4 members (excludes halogenated alkanes) is 27. The Bertz CT molecular complexity index is 1020. The van der Waals surface area contributed by atoms with Crippen LogP contribution < -0.4 is 0 Å². The molecule has 0 fully saturated rings. The maximum atomic E-state index is 12.8. The largest absolute Gasteiger partial charge is 0.477 e. The summed E-state index contributed by atoms with van der Waals surface area (Å²) in [6, 6.07) is -0.612. The number of quaternary nitrogens is 1. The van der Waals surface area contributed by atoms with Gasteiger partial charge in [0.25, 0.3) is 0 Å². The smallest absolute Gasteiger partial charge is 0.362 e. The van der Waals surface area contributed by atoms with Gasteiger partial charge in [0, 0.05) is 19.3 Å². The molecule has 0 saturated carbocycles. The zero-order chi connectivity index (χ0) is 43.5. The molecule has 2 atom stereocenters. The molecule has 0 bridgehead atoms. The van der Waals surface area contributed by atoms with Crippen molar-refractivity contribution < 1.29 is 38.2 Å². The molecule has 0 heterocycles. The number of nitrogens with zero attached hydrogens (tertiary/aromatic N) is 1. The van der Waals surface area contributed by atoms with Crippen molar-refractivity contribution >= 4 is 17.9 Å². The van der Waals surface area contributed by atoms with E-state index < -0.39 is 18.1 Å². The second-order valence-corrected chi connectivity index (χ2v) is 18.1. The van der Waals surface area contributed by atoms with Gasteiger partial charge in [0.1, 0.15) is 6.61 Å². The Labute approximate surface area is 364 Å². The maximum Gasteiger partial charge on any atom is 0.362 e. The van der Waals surface area contributed by atoms with Crippen LogP contribution in [0.1, 0.15) is 232 Å². The standard InChI is InChI=1S/C51H95NO7/c1-6-8-10-12-14-16-18-20-21-22-23-24-25-26-27-28-29-30-32-34-36-38-40-42-50(54)59-47(45-57-44-43-48(51(55)56)52(3,4)5)46-58-49(53)41-39-37-35-33-31-19-17-15-13-11-9-7-2/h18,20,22-23,47-48H,6-17,19,21,24-46H2,1-5H3/p+1/b20-18-,23-22-. The summed E-state index contributed by atoms with van der Waals surface area (Å²) in [5, 5.41) is 9.63. The Balaban J connectivity index is 4.19. The van der Waals surface area contributed by atoms with Crippen LogP contribution >= 0.6 is 0 Å². The lowest BCUT2D eigenvalue weighted by atomic mass is 10.0. The zero-order valence-electron chi connectivity index (χ0n) is 39.5.